The maximum atomic E-state index is 12.6. The fourth-order valence-corrected chi connectivity index (χ4v) is 3.96. The first-order valence-corrected chi connectivity index (χ1v) is 11.1. The lowest BCUT2D eigenvalue weighted by Gasteiger charge is -2.11. The molecule has 0 saturated carbocycles. The summed E-state index contributed by atoms with van der Waals surface area (Å²) in [6.07, 6.45) is 1.20. The molecule has 0 unspecified atom stereocenters. The van der Waals surface area contributed by atoms with Crippen LogP contribution < -0.4 is 10.1 Å². The largest absolute Gasteiger partial charge is 0.288 e. The highest BCUT2D eigenvalue weighted by atomic mass is 35.5. The van der Waals surface area contributed by atoms with E-state index in [1.165, 1.54) is 60.8 Å². The Kier molecular flexibility index (Phi) is 7.08. The lowest BCUT2D eigenvalue weighted by molar-refractivity contribution is -0.384. The van der Waals surface area contributed by atoms with Crippen molar-refractivity contribution in [2.75, 3.05) is 4.72 Å². The Hall–Kier alpha value is -3.47. The van der Waals surface area contributed by atoms with E-state index < -0.39 is 20.9 Å². The molecule has 12 heteroatoms. The summed E-state index contributed by atoms with van der Waals surface area (Å²) in [4.78, 5) is 22.8. The van der Waals surface area contributed by atoms with Crippen LogP contribution in [0.4, 0.5) is 11.4 Å². The Morgan fingerprint density at radius 3 is 2.41 bits per heavy atom. The second-order valence-electron chi connectivity index (χ2n) is 6.27. The van der Waals surface area contributed by atoms with Crippen LogP contribution in [0.25, 0.3) is 0 Å². The average molecular weight is 493 g/mol. The van der Waals surface area contributed by atoms with Gasteiger partial charge in [-0.25, -0.2) is 13.8 Å². The second kappa shape index (κ2) is 9.77. The molecule has 0 aliphatic rings. The zero-order valence-electron chi connectivity index (χ0n) is 16.0. The highest BCUT2D eigenvalue weighted by Gasteiger charge is 2.18. The molecule has 0 aromatic heterocycles. The second-order valence-corrected chi connectivity index (χ2v) is 8.80. The van der Waals surface area contributed by atoms with Crippen molar-refractivity contribution >= 4 is 56.7 Å². The fraction of sp³-hybridized carbons (Fsp3) is 0. The minimum absolute atomic E-state index is 0.0178. The minimum Gasteiger partial charge on any atom is -0.279 e. The third-order valence-electron chi connectivity index (χ3n) is 4.09. The van der Waals surface area contributed by atoms with E-state index >= 15 is 0 Å². The zero-order chi connectivity index (χ0) is 23.3. The number of nitrogens with zero attached hydrogens (tertiary/aromatic N) is 2. The van der Waals surface area contributed by atoms with Gasteiger partial charge in [0.25, 0.3) is 21.6 Å². The van der Waals surface area contributed by atoms with Gasteiger partial charge in [0, 0.05) is 16.7 Å². The lowest BCUT2D eigenvalue weighted by atomic mass is 10.2. The van der Waals surface area contributed by atoms with Crippen molar-refractivity contribution in [1.29, 1.82) is 0 Å². The Labute approximate surface area is 192 Å². The number of carbonyl (C=O) groups is 1. The third kappa shape index (κ3) is 5.61. The van der Waals surface area contributed by atoms with E-state index in [9.17, 15) is 23.3 Å². The molecule has 3 aromatic rings. The van der Waals surface area contributed by atoms with E-state index in [1.54, 1.807) is 12.1 Å². The number of hydrazone groups is 1. The van der Waals surface area contributed by atoms with Crippen LogP contribution in [0.1, 0.15) is 15.9 Å². The number of hydrogen-bond acceptors (Lipinski definition) is 6. The Morgan fingerprint density at radius 2 is 1.72 bits per heavy atom. The van der Waals surface area contributed by atoms with Gasteiger partial charge in [-0.2, -0.15) is 5.10 Å². The Bertz CT molecular complexity index is 1310. The summed E-state index contributed by atoms with van der Waals surface area (Å²) in [6.45, 7) is 0. The van der Waals surface area contributed by atoms with Gasteiger partial charge < -0.3 is 0 Å². The fourth-order valence-electron chi connectivity index (χ4n) is 2.56. The van der Waals surface area contributed by atoms with Crippen LogP contribution in [0.5, 0.6) is 0 Å². The number of sulfonamides is 1. The molecule has 0 atom stereocenters. The molecule has 2 N–H and O–H groups in total. The van der Waals surface area contributed by atoms with Crippen molar-refractivity contribution in [2.45, 2.75) is 4.90 Å². The molecule has 9 nitrogen and oxygen atoms in total. The van der Waals surface area contributed by atoms with E-state index in [0.29, 0.717) is 10.6 Å². The van der Waals surface area contributed by atoms with E-state index in [1.807, 2.05) is 0 Å². The summed E-state index contributed by atoms with van der Waals surface area (Å²) in [6, 6.07) is 15.5. The van der Waals surface area contributed by atoms with Crippen molar-refractivity contribution in [3.05, 3.63) is 98.0 Å². The first-order valence-electron chi connectivity index (χ1n) is 8.82. The molecule has 164 valence electrons. The molecular formula is C20H14Cl2N4O5S. The molecule has 0 aliphatic heterocycles. The predicted octanol–water partition coefficient (Wildman–Crippen LogP) is 4.47. The maximum absolute atomic E-state index is 12.6. The summed E-state index contributed by atoms with van der Waals surface area (Å²) < 4.78 is 27.6. The van der Waals surface area contributed by atoms with Crippen molar-refractivity contribution in [3.63, 3.8) is 0 Å². The van der Waals surface area contributed by atoms with Gasteiger partial charge in [0.1, 0.15) is 5.02 Å². The van der Waals surface area contributed by atoms with Crippen LogP contribution in [0.3, 0.4) is 0 Å². The van der Waals surface area contributed by atoms with E-state index in [-0.39, 0.29) is 26.9 Å². The van der Waals surface area contributed by atoms with Crippen molar-refractivity contribution in [1.82, 2.24) is 5.43 Å². The van der Waals surface area contributed by atoms with Gasteiger partial charge in [-0.1, -0.05) is 41.4 Å². The SMILES string of the molecule is O=C(N/N=C\c1ccc(Cl)c([N+](=O)[O-])c1)c1ccccc1NS(=O)(=O)c1ccc(Cl)cc1. The van der Waals surface area contributed by atoms with Gasteiger partial charge in [-0.15, -0.1) is 0 Å². The third-order valence-corrected chi connectivity index (χ3v) is 6.04. The molecule has 1 amide bonds. The normalized spacial score (nSPS) is 11.3. The summed E-state index contributed by atoms with van der Waals surface area (Å²) in [5.41, 5.74) is 2.35. The van der Waals surface area contributed by atoms with Crippen LogP contribution in [0.15, 0.2) is 76.7 Å². The number of carbonyl (C=O) groups excluding carboxylic acids is 1. The van der Waals surface area contributed by atoms with Crippen molar-refractivity contribution in [3.8, 4) is 0 Å². The number of halogens is 2. The number of amides is 1. The summed E-state index contributed by atoms with van der Waals surface area (Å²) in [7, 11) is -3.97. The maximum Gasteiger partial charge on any atom is 0.288 e. The molecule has 0 fully saturated rings. The van der Waals surface area contributed by atoms with Crippen LogP contribution in [0, 0.1) is 10.1 Å². The van der Waals surface area contributed by atoms with Gasteiger partial charge in [0.15, 0.2) is 0 Å². The number of hydrogen-bond donors (Lipinski definition) is 2. The monoisotopic (exact) mass is 492 g/mol. The molecule has 0 bridgehead atoms. The quantitative estimate of drug-likeness (QED) is 0.285. The van der Waals surface area contributed by atoms with Gasteiger partial charge in [-0.3, -0.25) is 19.6 Å². The van der Waals surface area contributed by atoms with Crippen LogP contribution in [0.2, 0.25) is 10.0 Å². The Balaban J connectivity index is 1.77. The molecule has 0 radical (unpaired) electrons. The number of nitro groups is 1. The molecule has 32 heavy (non-hydrogen) atoms. The van der Waals surface area contributed by atoms with Gasteiger partial charge in [0.2, 0.25) is 0 Å². The van der Waals surface area contributed by atoms with Crippen molar-refractivity contribution in [2.24, 2.45) is 5.10 Å². The lowest BCUT2D eigenvalue weighted by Crippen LogP contribution is -2.21. The molecule has 0 saturated heterocycles. The van der Waals surface area contributed by atoms with Crippen LogP contribution in [-0.2, 0) is 10.0 Å². The molecular weight excluding hydrogens is 479 g/mol. The standard InChI is InChI=1S/C20H14Cl2N4O5S/c21-14-6-8-15(9-7-14)32(30,31)25-18-4-2-1-3-16(18)20(27)24-23-12-13-5-10-17(22)19(11-13)26(28)29/h1-12,25H,(H,24,27)/b23-12-. The van der Waals surface area contributed by atoms with Crippen LogP contribution >= 0.6 is 23.2 Å². The first kappa shape index (κ1) is 23.2. The summed E-state index contributed by atoms with van der Waals surface area (Å²) in [5.74, 6) is -0.695. The molecule has 0 heterocycles. The smallest absolute Gasteiger partial charge is 0.279 e. The molecule has 3 aromatic carbocycles. The average Bonchev–Trinajstić information content (AvgIpc) is 2.75. The minimum atomic E-state index is -3.97. The number of nitrogens with one attached hydrogen (secondary N) is 2. The number of nitro benzene ring substituents is 1. The topological polar surface area (TPSA) is 131 Å². The predicted molar refractivity (Wildman–Crippen MR) is 122 cm³/mol. The first-order chi connectivity index (χ1) is 15.2. The number of benzene rings is 3. The molecule has 0 aliphatic carbocycles. The van der Waals surface area contributed by atoms with Crippen LogP contribution in [-0.4, -0.2) is 25.5 Å². The number of para-hydroxylation sites is 1. The number of anilines is 1. The highest BCUT2D eigenvalue weighted by Crippen LogP contribution is 2.24. The summed E-state index contributed by atoms with van der Waals surface area (Å²) in [5, 5.41) is 15.1. The highest BCUT2D eigenvalue weighted by molar-refractivity contribution is 7.92. The van der Waals surface area contributed by atoms with E-state index in [2.05, 4.69) is 15.2 Å². The van der Waals surface area contributed by atoms with Gasteiger partial charge >= 0.3 is 0 Å². The van der Waals surface area contributed by atoms with Gasteiger partial charge in [-0.05, 0) is 42.5 Å². The molecule has 3 rings (SSSR count). The van der Waals surface area contributed by atoms with E-state index in [4.69, 9.17) is 23.2 Å². The summed E-state index contributed by atoms with van der Waals surface area (Å²) >= 11 is 11.6. The van der Waals surface area contributed by atoms with E-state index in [0.717, 1.165) is 0 Å². The zero-order valence-corrected chi connectivity index (χ0v) is 18.4. The number of rotatable bonds is 7. The van der Waals surface area contributed by atoms with Crippen molar-refractivity contribution < 1.29 is 18.1 Å². The van der Waals surface area contributed by atoms with Gasteiger partial charge in [0.05, 0.1) is 27.3 Å². The molecule has 0 spiro atoms. The Morgan fingerprint density at radius 1 is 1.03 bits per heavy atom.